The van der Waals surface area contributed by atoms with Crippen molar-refractivity contribution in [3.05, 3.63) is 76.4 Å². The molecule has 2 N–H and O–H groups in total. The zero-order valence-electron chi connectivity index (χ0n) is 19.2. The summed E-state index contributed by atoms with van der Waals surface area (Å²) < 4.78 is 5.55. The highest BCUT2D eigenvalue weighted by Crippen LogP contribution is 2.51. The summed E-state index contributed by atoms with van der Waals surface area (Å²) in [6.07, 6.45) is 6.00. The molecule has 1 fully saturated rings. The Morgan fingerprint density at radius 3 is 2.48 bits per heavy atom. The van der Waals surface area contributed by atoms with Gasteiger partial charge >= 0.3 is 5.97 Å². The third kappa shape index (κ3) is 4.86. The van der Waals surface area contributed by atoms with Crippen molar-refractivity contribution in [3.63, 3.8) is 0 Å². The van der Waals surface area contributed by atoms with Crippen molar-refractivity contribution < 1.29 is 14.3 Å². The summed E-state index contributed by atoms with van der Waals surface area (Å²) in [5.41, 5.74) is 4.80. The summed E-state index contributed by atoms with van der Waals surface area (Å²) >= 11 is 5.54. The van der Waals surface area contributed by atoms with Gasteiger partial charge in [-0.25, -0.2) is 4.79 Å². The van der Waals surface area contributed by atoms with Crippen molar-refractivity contribution in [2.75, 3.05) is 6.61 Å². The average molecular weight is 463 g/mol. The first-order chi connectivity index (χ1) is 15.9. The Kier molecular flexibility index (Phi) is 6.94. The van der Waals surface area contributed by atoms with E-state index in [0.717, 1.165) is 43.2 Å². The van der Waals surface area contributed by atoms with Crippen molar-refractivity contribution >= 4 is 34.9 Å². The van der Waals surface area contributed by atoms with Gasteiger partial charge in [0.15, 0.2) is 5.11 Å². The van der Waals surface area contributed by atoms with Crippen molar-refractivity contribution in [2.45, 2.75) is 52.4 Å². The molecule has 2 aliphatic carbocycles. The molecule has 5 nitrogen and oxygen atoms in total. The van der Waals surface area contributed by atoms with Gasteiger partial charge in [-0.2, -0.15) is 0 Å². The van der Waals surface area contributed by atoms with Crippen LogP contribution in [0.5, 0.6) is 0 Å². The molecule has 0 heterocycles. The number of hydrogen-bond acceptors (Lipinski definition) is 4. The van der Waals surface area contributed by atoms with E-state index >= 15 is 0 Å². The molecule has 2 aromatic rings. The van der Waals surface area contributed by atoms with Crippen LogP contribution in [0.4, 0.5) is 0 Å². The number of carbonyl (C=O) groups excluding carboxylic acids is 2. The van der Waals surface area contributed by atoms with Gasteiger partial charge < -0.3 is 10.1 Å². The standard InChI is InChI=1S/C27H30N2O3S/c1-3-32-25(31)22-23(28-26(33)29-24(30)19-10-6-4-7-11-19)21-16-18(2)12-13-20(21)17-27(22)14-8-5-9-15-27/h4,6-7,10-13,16H,3,5,8-9,14-15,17H2,1-2H3,(H2,28,29,30,33). The molecular weight excluding hydrogens is 432 g/mol. The van der Waals surface area contributed by atoms with Crippen LogP contribution in [0.2, 0.25) is 0 Å². The summed E-state index contributed by atoms with van der Waals surface area (Å²) in [6.45, 7) is 4.16. The first-order valence-corrected chi connectivity index (χ1v) is 12.0. The van der Waals surface area contributed by atoms with Crippen molar-refractivity contribution in [1.29, 1.82) is 0 Å². The summed E-state index contributed by atoms with van der Waals surface area (Å²) in [7, 11) is 0. The van der Waals surface area contributed by atoms with Gasteiger partial charge in [-0.3, -0.25) is 10.1 Å². The van der Waals surface area contributed by atoms with Crippen LogP contribution < -0.4 is 10.6 Å². The fourth-order valence-corrected chi connectivity index (χ4v) is 5.34. The van der Waals surface area contributed by atoms with E-state index in [1.165, 1.54) is 12.0 Å². The van der Waals surface area contributed by atoms with Crippen LogP contribution in [-0.2, 0) is 16.0 Å². The number of thiocarbonyl (C=S) groups is 1. The lowest BCUT2D eigenvalue weighted by molar-refractivity contribution is -0.140. The Labute approximate surface area is 200 Å². The molecule has 1 saturated carbocycles. The Balaban J connectivity index is 1.76. The molecule has 0 unspecified atom stereocenters. The molecule has 4 rings (SSSR count). The first-order valence-electron chi connectivity index (χ1n) is 11.6. The van der Waals surface area contributed by atoms with E-state index in [4.69, 9.17) is 17.0 Å². The molecule has 1 spiro atoms. The molecule has 1 amide bonds. The first kappa shape index (κ1) is 23.2. The van der Waals surface area contributed by atoms with Crippen LogP contribution in [0.15, 0.2) is 54.1 Å². The lowest BCUT2D eigenvalue weighted by Crippen LogP contribution is -2.43. The number of carbonyl (C=O) groups is 2. The van der Waals surface area contributed by atoms with Crippen LogP contribution in [0.25, 0.3) is 5.70 Å². The van der Waals surface area contributed by atoms with Gasteiger partial charge in [-0.05, 0) is 69.1 Å². The van der Waals surface area contributed by atoms with Gasteiger partial charge in [-0.1, -0.05) is 55.2 Å². The molecule has 0 aromatic heterocycles. The molecule has 6 heteroatoms. The second-order valence-corrected chi connectivity index (χ2v) is 9.33. The molecule has 0 aliphatic heterocycles. The third-order valence-electron chi connectivity index (χ3n) is 6.64. The zero-order valence-corrected chi connectivity index (χ0v) is 20.0. The molecule has 0 radical (unpaired) electrons. The van der Waals surface area contributed by atoms with E-state index in [-0.39, 0.29) is 22.4 Å². The number of amides is 1. The second-order valence-electron chi connectivity index (χ2n) is 8.92. The van der Waals surface area contributed by atoms with Gasteiger partial charge in [0, 0.05) is 16.5 Å². The maximum atomic E-state index is 13.4. The van der Waals surface area contributed by atoms with Crippen LogP contribution in [0, 0.1) is 12.3 Å². The summed E-state index contributed by atoms with van der Waals surface area (Å²) in [5, 5.41) is 6.18. The van der Waals surface area contributed by atoms with Crippen molar-refractivity contribution in [3.8, 4) is 0 Å². The fourth-order valence-electron chi connectivity index (χ4n) is 5.15. The van der Waals surface area contributed by atoms with E-state index in [2.05, 4.69) is 28.8 Å². The number of benzene rings is 2. The second kappa shape index (κ2) is 9.87. The minimum Gasteiger partial charge on any atom is -0.463 e. The highest BCUT2D eigenvalue weighted by Gasteiger charge is 2.45. The maximum absolute atomic E-state index is 13.4. The summed E-state index contributed by atoms with van der Waals surface area (Å²) in [5.74, 6) is -0.592. The van der Waals surface area contributed by atoms with E-state index in [1.807, 2.05) is 19.9 Å². The largest absolute Gasteiger partial charge is 0.463 e. The molecule has 2 aromatic carbocycles. The maximum Gasteiger partial charge on any atom is 0.336 e. The Bertz CT molecular complexity index is 1100. The Morgan fingerprint density at radius 2 is 1.79 bits per heavy atom. The number of nitrogens with one attached hydrogen (secondary N) is 2. The number of rotatable bonds is 4. The summed E-state index contributed by atoms with van der Waals surface area (Å²) in [4.78, 5) is 26.0. The lowest BCUT2D eigenvalue weighted by atomic mass is 9.62. The quantitative estimate of drug-likeness (QED) is 0.490. The molecule has 0 atom stereocenters. The zero-order chi connectivity index (χ0) is 23.4. The van der Waals surface area contributed by atoms with Crippen LogP contribution >= 0.6 is 12.2 Å². The smallest absolute Gasteiger partial charge is 0.336 e. The van der Waals surface area contributed by atoms with E-state index < -0.39 is 0 Å². The summed E-state index contributed by atoms with van der Waals surface area (Å²) in [6, 6.07) is 15.3. The van der Waals surface area contributed by atoms with Gasteiger partial charge in [0.1, 0.15) is 0 Å². The van der Waals surface area contributed by atoms with Crippen LogP contribution in [0.1, 0.15) is 66.1 Å². The predicted molar refractivity (Wildman–Crippen MR) is 134 cm³/mol. The van der Waals surface area contributed by atoms with E-state index in [0.29, 0.717) is 23.4 Å². The van der Waals surface area contributed by atoms with Crippen molar-refractivity contribution in [2.24, 2.45) is 5.41 Å². The van der Waals surface area contributed by atoms with E-state index in [1.54, 1.807) is 24.3 Å². The van der Waals surface area contributed by atoms with Gasteiger partial charge in [0.05, 0.1) is 17.9 Å². The van der Waals surface area contributed by atoms with Crippen LogP contribution in [0.3, 0.4) is 0 Å². The van der Waals surface area contributed by atoms with Gasteiger partial charge in [0.2, 0.25) is 0 Å². The number of fused-ring (bicyclic) bond motifs is 1. The minimum absolute atomic E-state index is 0.168. The molecule has 172 valence electrons. The van der Waals surface area contributed by atoms with Crippen molar-refractivity contribution in [1.82, 2.24) is 10.6 Å². The lowest BCUT2D eigenvalue weighted by Gasteiger charge is -2.43. The Hall–Kier alpha value is -2.99. The fraction of sp³-hybridized carbons (Fsp3) is 0.370. The monoisotopic (exact) mass is 462 g/mol. The molecule has 33 heavy (non-hydrogen) atoms. The highest BCUT2D eigenvalue weighted by molar-refractivity contribution is 7.80. The normalized spacial score (nSPS) is 16.7. The number of esters is 1. The topological polar surface area (TPSA) is 67.4 Å². The SMILES string of the molecule is CCOC(=O)C1=C(NC(=S)NC(=O)c2ccccc2)c2cc(C)ccc2CC12CCCCC2. The number of ether oxygens (including phenoxy) is 1. The molecule has 0 bridgehead atoms. The van der Waals surface area contributed by atoms with Gasteiger partial charge in [0.25, 0.3) is 5.91 Å². The highest BCUT2D eigenvalue weighted by atomic mass is 32.1. The third-order valence-corrected chi connectivity index (χ3v) is 6.84. The Morgan fingerprint density at radius 1 is 1.06 bits per heavy atom. The average Bonchev–Trinajstić information content (AvgIpc) is 2.81. The number of aryl methyl sites for hydroxylation is 1. The molecule has 0 saturated heterocycles. The van der Waals surface area contributed by atoms with E-state index in [9.17, 15) is 9.59 Å². The van der Waals surface area contributed by atoms with Gasteiger partial charge in [-0.15, -0.1) is 0 Å². The minimum atomic E-state index is -0.300. The predicted octanol–water partition coefficient (Wildman–Crippen LogP) is 5.08. The van der Waals surface area contributed by atoms with Crippen LogP contribution in [-0.4, -0.2) is 23.6 Å². The molecule has 2 aliphatic rings. The number of hydrogen-bond donors (Lipinski definition) is 2. The molecular formula is C27H30N2O3S.